The van der Waals surface area contributed by atoms with Gasteiger partial charge in [0.05, 0.1) is 5.69 Å². The van der Waals surface area contributed by atoms with Crippen molar-refractivity contribution in [2.75, 3.05) is 11.9 Å². The summed E-state index contributed by atoms with van der Waals surface area (Å²) in [6.07, 6.45) is 2.92. The molecule has 0 saturated heterocycles. The predicted molar refractivity (Wildman–Crippen MR) is 175 cm³/mol. The molecule has 0 bridgehead atoms. The molecule has 1 heterocycles. The van der Waals surface area contributed by atoms with Gasteiger partial charge < -0.3 is 15.4 Å². The van der Waals surface area contributed by atoms with E-state index in [0.717, 1.165) is 70.0 Å². The molecular weight excluding hydrogens is 627 g/mol. The number of fused-ring (bicyclic) bond motifs is 1. The number of rotatable bonds is 11. The van der Waals surface area contributed by atoms with Gasteiger partial charge in [0.1, 0.15) is 12.8 Å². The van der Waals surface area contributed by atoms with Crippen molar-refractivity contribution in [1.29, 1.82) is 0 Å². The van der Waals surface area contributed by atoms with Crippen LogP contribution in [0.5, 0.6) is 0 Å². The minimum atomic E-state index is -1.87. The van der Waals surface area contributed by atoms with Gasteiger partial charge in [0.2, 0.25) is 5.91 Å². The van der Waals surface area contributed by atoms with Gasteiger partial charge in [-0.25, -0.2) is 9.07 Å². The second-order valence-electron chi connectivity index (χ2n) is 13.2. The topological polar surface area (TPSA) is 85.2 Å². The van der Waals surface area contributed by atoms with Crippen LogP contribution in [0.25, 0.3) is 11.1 Å². The number of carbonyl (C=O) groups is 2. The zero-order chi connectivity index (χ0) is 30.9. The van der Waals surface area contributed by atoms with Crippen LogP contribution in [0.4, 0.5) is 10.1 Å². The first-order valence-corrected chi connectivity index (χ1v) is 19.7. The molecule has 3 aromatic rings. The minimum absolute atomic E-state index is 0.196. The lowest BCUT2D eigenvalue weighted by atomic mass is 9.78. The maximum absolute atomic E-state index is 14.7. The summed E-state index contributed by atoms with van der Waals surface area (Å²) >= 11 is 3.55. The molecule has 230 valence electrons. The molecule has 0 aliphatic heterocycles. The maximum Gasteiger partial charge on any atom is 0.258 e. The van der Waals surface area contributed by atoms with Crippen molar-refractivity contribution in [1.82, 2.24) is 15.1 Å². The molecule has 1 saturated carbocycles. The van der Waals surface area contributed by atoms with E-state index in [-0.39, 0.29) is 24.7 Å². The van der Waals surface area contributed by atoms with Crippen molar-refractivity contribution >= 4 is 41.5 Å². The Bertz CT molecular complexity index is 1500. The van der Waals surface area contributed by atoms with Crippen LogP contribution in [0.15, 0.2) is 46.9 Å². The van der Waals surface area contributed by atoms with Crippen LogP contribution < -0.4 is 10.6 Å². The summed E-state index contributed by atoms with van der Waals surface area (Å²) in [4.78, 5) is 26.6. The van der Waals surface area contributed by atoms with Crippen molar-refractivity contribution in [2.45, 2.75) is 96.0 Å². The Balaban J connectivity index is 1.32. The fourth-order valence-corrected chi connectivity index (χ4v) is 6.95. The van der Waals surface area contributed by atoms with Gasteiger partial charge >= 0.3 is 0 Å². The van der Waals surface area contributed by atoms with E-state index in [2.05, 4.69) is 52.3 Å². The number of nitrogens with zero attached hydrogens (tertiary/aromatic N) is 2. The van der Waals surface area contributed by atoms with Crippen LogP contribution in [0.3, 0.4) is 0 Å². The number of anilines is 1. The summed E-state index contributed by atoms with van der Waals surface area (Å²) in [5.74, 6) is -1.30. The number of benzene rings is 2. The number of alkyl halides is 1. The number of ether oxygens (including phenoxy) is 1. The van der Waals surface area contributed by atoms with Gasteiger partial charge in [-0.05, 0) is 93.0 Å². The van der Waals surface area contributed by atoms with Gasteiger partial charge in [-0.3, -0.25) is 9.59 Å². The number of amides is 2. The van der Waals surface area contributed by atoms with Gasteiger partial charge in [-0.1, -0.05) is 53.8 Å². The van der Waals surface area contributed by atoms with E-state index in [1.807, 2.05) is 54.9 Å². The minimum Gasteiger partial charge on any atom is -0.360 e. The second kappa shape index (κ2) is 12.7. The Hall–Kier alpha value is -2.82. The first kappa shape index (κ1) is 31.6. The van der Waals surface area contributed by atoms with Crippen molar-refractivity contribution in [3.05, 3.63) is 69.5 Å². The monoisotopic (exact) mass is 668 g/mol. The Kier molecular flexibility index (Phi) is 9.30. The lowest BCUT2D eigenvalue weighted by Crippen LogP contribution is -2.51. The molecule has 0 spiro atoms. The molecule has 1 fully saturated rings. The largest absolute Gasteiger partial charge is 0.360 e. The summed E-state index contributed by atoms with van der Waals surface area (Å²) in [5.41, 5.74) is 4.88. The first-order valence-electron chi connectivity index (χ1n) is 15.2. The SMILES string of the molecule is Cc1nn(COCC[Si](C)(C)C)c(C)c1-c1ccc(NC(=O)C(NC(=O)C2(F)CC2)[C@@H]2CCCc3ccc(Br)cc32)cc1. The number of hydrogen-bond acceptors (Lipinski definition) is 4. The Morgan fingerprint density at radius 3 is 2.56 bits per heavy atom. The lowest BCUT2D eigenvalue weighted by molar-refractivity contribution is -0.131. The van der Waals surface area contributed by atoms with E-state index < -0.39 is 25.7 Å². The molecule has 2 amide bonds. The van der Waals surface area contributed by atoms with E-state index in [0.29, 0.717) is 12.4 Å². The highest BCUT2D eigenvalue weighted by molar-refractivity contribution is 9.10. The number of halogens is 2. The number of carbonyl (C=O) groups excluding carboxylic acids is 2. The Morgan fingerprint density at radius 1 is 1.16 bits per heavy atom. The molecule has 2 atom stereocenters. The van der Waals surface area contributed by atoms with E-state index in [9.17, 15) is 14.0 Å². The van der Waals surface area contributed by atoms with Crippen LogP contribution in [0, 0.1) is 13.8 Å². The highest BCUT2D eigenvalue weighted by Gasteiger charge is 2.52. The van der Waals surface area contributed by atoms with Gasteiger partial charge in [0.15, 0.2) is 5.67 Å². The molecule has 10 heteroatoms. The highest BCUT2D eigenvalue weighted by atomic mass is 79.9. The summed E-state index contributed by atoms with van der Waals surface area (Å²) < 4.78 is 23.5. The molecule has 2 aromatic carbocycles. The molecular formula is C33H42BrFN4O3Si. The van der Waals surface area contributed by atoms with E-state index in [1.165, 1.54) is 0 Å². The standard InChI is InChI=1S/C33H42BrFN4O3Si/c1-21-29(22(2)39(38-21)20-42-17-18-43(3,4)5)24-10-13-26(14-11-24)36-31(40)30(37-32(41)33(35)15-16-33)27-8-6-7-23-9-12-25(34)19-28(23)27/h9-14,19,27,30H,6-8,15-18,20H2,1-5H3,(H,36,40)(H,37,41)/t27-,30?/m1/s1. The van der Waals surface area contributed by atoms with Crippen molar-refractivity contribution in [2.24, 2.45) is 0 Å². The molecule has 0 radical (unpaired) electrons. The Labute approximate surface area is 263 Å². The van der Waals surface area contributed by atoms with Gasteiger partial charge in [0, 0.05) is 42.0 Å². The normalized spacial score (nSPS) is 18.1. The number of aromatic nitrogens is 2. The molecule has 1 aromatic heterocycles. The predicted octanol–water partition coefficient (Wildman–Crippen LogP) is 7.29. The lowest BCUT2D eigenvalue weighted by Gasteiger charge is -2.32. The van der Waals surface area contributed by atoms with Crippen LogP contribution in [0.1, 0.15) is 54.1 Å². The highest BCUT2D eigenvalue weighted by Crippen LogP contribution is 2.41. The van der Waals surface area contributed by atoms with E-state index in [1.54, 1.807) is 0 Å². The fourth-order valence-electron chi connectivity index (χ4n) is 5.82. The van der Waals surface area contributed by atoms with Crippen molar-refractivity contribution < 1.29 is 18.7 Å². The molecule has 5 rings (SSSR count). The zero-order valence-corrected chi connectivity index (χ0v) is 28.3. The number of hydrogen-bond donors (Lipinski definition) is 2. The molecule has 7 nitrogen and oxygen atoms in total. The molecule has 2 aliphatic carbocycles. The number of aryl methyl sites for hydroxylation is 2. The second-order valence-corrected chi connectivity index (χ2v) is 19.8. The van der Waals surface area contributed by atoms with Crippen LogP contribution >= 0.6 is 15.9 Å². The van der Waals surface area contributed by atoms with Crippen LogP contribution in [-0.4, -0.2) is 48.0 Å². The van der Waals surface area contributed by atoms with Gasteiger partial charge in [0.25, 0.3) is 5.91 Å². The maximum atomic E-state index is 14.7. The summed E-state index contributed by atoms with van der Waals surface area (Å²) in [5, 5.41) is 10.5. The van der Waals surface area contributed by atoms with E-state index >= 15 is 0 Å². The third-order valence-corrected chi connectivity index (χ3v) is 10.8. The third kappa shape index (κ3) is 7.46. The quantitative estimate of drug-likeness (QED) is 0.166. The Morgan fingerprint density at radius 2 is 1.88 bits per heavy atom. The molecule has 2 aliphatic rings. The fraction of sp³-hybridized carbons (Fsp3) is 0.485. The number of nitrogens with one attached hydrogen (secondary N) is 2. The average molecular weight is 670 g/mol. The summed E-state index contributed by atoms with van der Waals surface area (Å²) in [6, 6.07) is 13.9. The molecule has 1 unspecified atom stereocenters. The van der Waals surface area contributed by atoms with Crippen molar-refractivity contribution in [3.8, 4) is 11.1 Å². The molecule has 43 heavy (non-hydrogen) atoms. The average Bonchev–Trinajstić information content (AvgIpc) is 3.65. The molecule has 2 N–H and O–H groups in total. The van der Waals surface area contributed by atoms with E-state index in [4.69, 9.17) is 9.84 Å². The third-order valence-electron chi connectivity index (χ3n) is 8.57. The first-order chi connectivity index (χ1) is 20.3. The van der Waals surface area contributed by atoms with Crippen LogP contribution in [-0.2, 0) is 27.5 Å². The zero-order valence-electron chi connectivity index (χ0n) is 25.7. The van der Waals surface area contributed by atoms with Gasteiger partial charge in [-0.2, -0.15) is 5.10 Å². The van der Waals surface area contributed by atoms with Crippen molar-refractivity contribution in [3.63, 3.8) is 0 Å². The van der Waals surface area contributed by atoms with Gasteiger partial charge in [-0.15, -0.1) is 0 Å². The summed E-state index contributed by atoms with van der Waals surface area (Å²) in [6.45, 7) is 12.2. The van der Waals surface area contributed by atoms with Crippen LogP contribution in [0.2, 0.25) is 25.7 Å². The smallest absolute Gasteiger partial charge is 0.258 e. The summed E-state index contributed by atoms with van der Waals surface area (Å²) in [7, 11) is -1.16.